The lowest BCUT2D eigenvalue weighted by Crippen LogP contribution is -2.26. The van der Waals surface area contributed by atoms with E-state index in [1.54, 1.807) is 73.9 Å². The highest BCUT2D eigenvalue weighted by atomic mass is 16.5. The summed E-state index contributed by atoms with van der Waals surface area (Å²) in [6.07, 6.45) is 6.45. The molecule has 0 saturated carbocycles. The van der Waals surface area contributed by atoms with Crippen LogP contribution in [0.4, 0.5) is 5.69 Å². The Morgan fingerprint density at radius 3 is 2.25 bits per heavy atom. The molecular weight excluding hydrogens is 412 g/mol. The van der Waals surface area contributed by atoms with Crippen molar-refractivity contribution >= 4 is 23.5 Å². The van der Waals surface area contributed by atoms with Gasteiger partial charge in [0.1, 0.15) is 17.2 Å². The summed E-state index contributed by atoms with van der Waals surface area (Å²) in [6, 6.07) is 13.7. The van der Waals surface area contributed by atoms with E-state index in [1.165, 1.54) is 25.2 Å². The fourth-order valence-electron chi connectivity index (χ4n) is 3.02. The van der Waals surface area contributed by atoms with E-state index in [4.69, 9.17) is 14.2 Å². The van der Waals surface area contributed by atoms with Gasteiger partial charge in [0.05, 0.1) is 19.8 Å². The maximum absolute atomic E-state index is 12.5. The summed E-state index contributed by atoms with van der Waals surface area (Å²) in [5.41, 5.74) is 1.16. The van der Waals surface area contributed by atoms with Gasteiger partial charge < -0.3 is 24.4 Å². The minimum Gasteiger partial charge on any atom is -0.465 e. The van der Waals surface area contributed by atoms with E-state index in [1.807, 2.05) is 0 Å². The summed E-state index contributed by atoms with van der Waals surface area (Å²) in [6.45, 7) is 0. The molecule has 3 rings (SSSR count). The predicted octanol–water partition coefficient (Wildman–Crippen LogP) is 3.33. The third kappa shape index (κ3) is 4.86. The summed E-state index contributed by atoms with van der Waals surface area (Å²) in [4.78, 5) is 38.1. The first kappa shape index (κ1) is 22.4. The summed E-state index contributed by atoms with van der Waals surface area (Å²) in [7, 11) is 4.04. The zero-order valence-electron chi connectivity index (χ0n) is 17.8. The van der Waals surface area contributed by atoms with Gasteiger partial charge in [0, 0.05) is 24.5 Å². The molecule has 0 spiro atoms. The summed E-state index contributed by atoms with van der Waals surface area (Å²) in [5.74, 6) is -0.535. The first-order chi connectivity index (χ1) is 15.5. The monoisotopic (exact) mass is 434 g/mol. The van der Waals surface area contributed by atoms with Crippen LogP contribution >= 0.6 is 0 Å². The molecule has 1 N–H and O–H groups in total. The topological polar surface area (TPSA) is 94.2 Å². The Labute approximate surface area is 185 Å². The van der Waals surface area contributed by atoms with Crippen LogP contribution in [-0.4, -0.2) is 39.1 Å². The highest BCUT2D eigenvalue weighted by Gasteiger charge is 2.27. The van der Waals surface area contributed by atoms with Crippen molar-refractivity contribution in [2.45, 2.75) is 0 Å². The second kappa shape index (κ2) is 10.1. The molecular formula is C24H22N2O6. The second-order valence-corrected chi connectivity index (χ2v) is 6.52. The van der Waals surface area contributed by atoms with Crippen molar-refractivity contribution in [3.63, 3.8) is 0 Å². The van der Waals surface area contributed by atoms with Crippen molar-refractivity contribution < 1.29 is 28.6 Å². The number of esters is 2. The molecule has 8 nitrogen and oxygen atoms in total. The molecule has 8 heteroatoms. The molecule has 1 amide bonds. The number of allylic oxidation sites excluding steroid dienone is 2. The van der Waals surface area contributed by atoms with E-state index in [9.17, 15) is 14.4 Å². The van der Waals surface area contributed by atoms with Crippen molar-refractivity contribution in [2.24, 2.45) is 0 Å². The highest BCUT2D eigenvalue weighted by molar-refractivity contribution is 6.05. The first-order valence-corrected chi connectivity index (χ1v) is 9.63. The average Bonchev–Trinajstić information content (AvgIpc) is 3.06. The van der Waals surface area contributed by atoms with Gasteiger partial charge in [-0.3, -0.25) is 4.79 Å². The van der Waals surface area contributed by atoms with E-state index in [0.29, 0.717) is 22.7 Å². The van der Waals surface area contributed by atoms with E-state index in [-0.39, 0.29) is 17.2 Å². The number of hydrogen-bond acceptors (Lipinski definition) is 7. The van der Waals surface area contributed by atoms with Crippen molar-refractivity contribution in [3.05, 3.63) is 89.8 Å². The molecule has 0 radical (unpaired) electrons. The molecule has 0 unspecified atom stereocenters. The van der Waals surface area contributed by atoms with E-state index in [0.717, 1.165) is 0 Å². The Balaban J connectivity index is 1.91. The molecule has 1 aliphatic rings. The summed E-state index contributed by atoms with van der Waals surface area (Å²) >= 11 is 0. The zero-order valence-corrected chi connectivity index (χ0v) is 17.8. The van der Waals surface area contributed by atoms with Crippen LogP contribution in [-0.2, 0) is 19.1 Å². The van der Waals surface area contributed by atoms with Crippen molar-refractivity contribution in [1.29, 1.82) is 0 Å². The Kier molecular flexibility index (Phi) is 7.07. The van der Waals surface area contributed by atoms with Crippen molar-refractivity contribution in [1.82, 2.24) is 5.32 Å². The van der Waals surface area contributed by atoms with E-state index >= 15 is 0 Å². The fraction of sp³-hybridized carbons (Fsp3) is 0.125. The van der Waals surface area contributed by atoms with Gasteiger partial charge in [0.2, 0.25) is 0 Å². The van der Waals surface area contributed by atoms with Gasteiger partial charge in [0.15, 0.2) is 0 Å². The van der Waals surface area contributed by atoms with E-state index < -0.39 is 11.9 Å². The number of carbonyl (C=O) groups is 3. The van der Waals surface area contributed by atoms with Crippen LogP contribution in [0.3, 0.4) is 0 Å². The maximum atomic E-state index is 12.5. The van der Waals surface area contributed by atoms with E-state index in [2.05, 4.69) is 5.32 Å². The molecule has 0 saturated heterocycles. The lowest BCUT2D eigenvalue weighted by atomic mass is 10.1. The van der Waals surface area contributed by atoms with Crippen LogP contribution in [0.1, 0.15) is 10.4 Å². The largest absolute Gasteiger partial charge is 0.465 e. The Morgan fingerprint density at radius 2 is 1.59 bits per heavy atom. The molecule has 32 heavy (non-hydrogen) atoms. The molecule has 0 fully saturated rings. The van der Waals surface area contributed by atoms with Crippen LogP contribution < -0.4 is 15.0 Å². The second-order valence-electron chi connectivity index (χ2n) is 6.52. The number of rotatable bonds is 6. The first-order valence-electron chi connectivity index (χ1n) is 9.63. The van der Waals surface area contributed by atoms with Gasteiger partial charge in [-0.2, -0.15) is 0 Å². The molecule has 0 aromatic heterocycles. The number of benzene rings is 2. The number of carbonyl (C=O) groups excluding carboxylic acids is 3. The number of amides is 1. The smallest absolute Gasteiger partial charge is 0.355 e. The van der Waals surface area contributed by atoms with Gasteiger partial charge in [-0.1, -0.05) is 12.1 Å². The Morgan fingerprint density at radius 1 is 0.875 bits per heavy atom. The number of nitrogens with zero attached hydrogens (tertiary/aromatic N) is 1. The number of anilines is 1. The SMILES string of the molecule is CNC(=O)c1cccc(Oc2ccc(N3C=CC=CC(C(=O)OC)=C3C(=O)OC)cc2)c1. The predicted molar refractivity (Wildman–Crippen MR) is 118 cm³/mol. The third-order valence-electron chi connectivity index (χ3n) is 4.56. The fourth-order valence-corrected chi connectivity index (χ4v) is 3.02. The van der Waals surface area contributed by atoms with Gasteiger partial charge in [-0.25, -0.2) is 9.59 Å². The van der Waals surface area contributed by atoms with Gasteiger partial charge in [0.25, 0.3) is 5.91 Å². The number of ether oxygens (including phenoxy) is 3. The number of methoxy groups -OCH3 is 2. The quantitative estimate of drug-likeness (QED) is 0.697. The van der Waals surface area contributed by atoms with Gasteiger partial charge in [-0.05, 0) is 54.6 Å². The molecule has 2 aromatic carbocycles. The minimum absolute atomic E-state index is 0.0243. The highest BCUT2D eigenvalue weighted by Crippen LogP contribution is 2.29. The average molecular weight is 434 g/mol. The maximum Gasteiger partial charge on any atom is 0.355 e. The minimum atomic E-state index is -0.687. The van der Waals surface area contributed by atoms with Crippen LogP contribution in [0.25, 0.3) is 0 Å². The summed E-state index contributed by atoms with van der Waals surface area (Å²) in [5, 5.41) is 2.57. The zero-order chi connectivity index (χ0) is 23.1. The molecule has 1 heterocycles. The molecule has 1 aliphatic heterocycles. The Bertz CT molecular complexity index is 1120. The van der Waals surface area contributed by atoms with Crippen LogP contribution in [0, 0.1) is 0 Å². The summed E-state index contributed by atoms with van der Waals surface area (Å²) < 4.78 is 15.6. The molecule has 2 aromatic rings. The van der Waals surface area contributed by atoms with Crippen LogP contribution in [0.2, 0.25) is 0 Å². The molecule has 0 atom stereocenters. The Hall–Kier alpha value is -4.33. The molecule has 0 bridgehead atoms. The third-order valence-corrected chi connectivity index (χ3v) is 4.56. The van der Waals surface area contributed by atoms with Gasteiger partial charge >= 0.3 is 11.9 Å². The normalized spacial score (nSPS) is 12.8. The van der Waals surface area contributed by atoms with Crippen molar-refractivity contribution in [2.75, 3.05) is 26.2 Å². The number of nitrogens with one attached hydrogen (secondary N) is 1. The lowest BCUT2D eigenvalue weighted by Gasteiger charge is -2.23. The van der Waals surface area contributed by atoms with Gasteiger partial charge in [-0.15, -0.1) is 0 Å². The van der Waals surface area contributed by atoms with Crippen LogP contribution in [0.15, 0.2) is 84.2 Å². The lowest BCUT2D eigenvalue weighted by molar-refractivity contribution is -0.139. The standard InChI is InChI=1S/C24H22N2O6/c1-25-22(27)16-7-6-8-19(15-16)32-18-12-10-17(11-13-18)26-14-5-4-9-20(23(28)30-2)21(26)24(29)31-3/h4-15H,1-3H3,(H,25,27). The van der Waals surface area contributed by atoms with Crippen LogP contribution in [0.5, 0.6) is 11.5 Å². The van der Waals surface area contributed by atoms with Crippen molar-refractivity contribution in [3.8, 4) is 11.5 Å². The number of hydrogen-bond donors (Lipinski definition) is 1. The molecule has 164 valence electrons. The molecule has 0 aliphatic carbocycles.